The Hall–Kier alpha value is -3.27. The molecule has 1 aliphatic heterocycles. The molecule has 1 fully saturated rings. The van der Waals surface area contributed by atoms with Crippen LogP contribution in [0.2, 0.25) is 10.0 Å². The van der Waals surface area contributed by atoms with Crippen molar-refractivity contribution in [3.63, 3.8) is 0 Å². The normalized spacial score (nSPS) is 15.5. The number of hydrogen-bond acceptors (Lipinski definition) is 8. The van der Waals surface area contributed by atoms with Gasteiger partial charge in [-0.25, -0.2) is 15.0 Å². The van der Waals surface area contributed by atoms with E-state index in [4.69, 9.17) is 33.9 Å². The fourth-order valence-electron chi connectivity index (χ4n) is 3.81. The Labute approximate surface area is 212 Å². The number of hydrogen-bond donors (Lipinski definition) is 3. The molecular weight excluding hydrogens is 489 g/mol. The Morgan fingerprint density at radius 2 is 2.11 bits per heavy atom. The maximum absolute atomic E-state index is 10.9. The van der Waals surface area contributed by atoms with Crippen LogP contribution in [-0.4, -0.2) is 39.0 Å². The zero-order chi connectivity index (χ0) is 24.8. The smallest absolute Gasteiger partial charge is 0.311 e. The topological polar surface area (TPSA) is 132 Å². The van der Waals surface area contributed by atoms with Gasteiger partial charge in [0, 0.05) is 47.4 Å². The summed E-state index contributed by atoms with van der Waals surface area (Å²) >= 11 is 12.6. The lowest BCUT2D eigenvalue weighted by molar-refractivity contribution is -0.384. The van der Waals surface area contributed by atoms with Crippen molar-refractivity contribution in [3.05, 3.63) is 80.6 Å². The van der Waals surface area contributed by atoms with Gasteiger partial charge in [0.25, 0.3) is 0 Å². The van der Waals surface area contributed by atoms with E-state index in [0.29, 0.717) is 40.0 Å². The van der Waals surface area contributed by atoms with Crippen molar-refractivity contribution in [1.29, 1.82) is 0 Å². The van der Waals surface area contributed by atoms with Gasteiger partial charge in [-0.3, -0.25) is 10.1 Å². The van der Waals surface area contributed by atoms with Crippen LogP contribution in [-0.2, 0) is 0 Å². The molecule has 0 spiro atoms. The minimum Gasteiger partial charge on any atom is -0.378 e. The maximum Gasteiger partial charge on any atom is 0.311 e. The highest BCUT2D eigenvalue weighted by molar-refractivity contribution is 6.36. The molecular formula is C24H24Cl2N7O2. The van der Waals surface area contributed by atoms with Crippen molar-refractivity contribution in [2.45, 2.75) is 25.3 Å². The van der Waals surface area contributed by atoms with Crippen molar-refractivity contribution in [3.8, 4) is 11.3 Å². The Morgan fingerprint density at radius 1 is 1.26 bits per heavy atom. The van der Waals surface area contributed by atoms with E-state index in [1.165, 1.54) is 25.0 Å². The summed E-state index contributed by atoms with van der Waals surface area (Å²) in [6.45, 7) is 1.40. The molecule has 1 saturated heterocycles. The van der Waals surface area contributed by atoms with Gasteiger partial charge < -0.3 is 16.4 Å². The molecule has 2 aromatic heterocycles. The number of nitro groups is 1. The van der Waals surface area contributed by atoms with Gasteiger partial charge in [-0.1, -0.05) is 35.4 Å². The molecule has 35 heavy (non-hydrogen) atoms. The summed E-state index contributed by atoms with van der Waals surface area (Å²) in [6, 6.07) is 8.60. The third kappa shape index (κ3) is 6.45. The highest BCUT2D eigenvalue weighted by atomic mass is 35.5. The minimum absolute atomic E-state index is 0.153. The number of nitrogen functional groups attached to an aromatic ring is 1. The average Bonchev–Trinajstić information content (AvgIpc) is 3.33. The summed E-state index contributed by atoms with van der Waals surface area (Å²) < 4.78 is 0. The third-order valence-corrected chi connectivity index (χ3v) is 6.12. The van der Waals surface area contributed by atoms with E-state index in [2.05, 4.69) is 26.7 Å². The lowest BCUT2D eigenvalue weighted by Crippen LogP contribution is -2.19. The number of nitrogens with one attached hydrogen (secondary N) is 2. The third-order valence-electron chi connectivity index (χ3n) is 5.57. The summed E-state index contributed by atoms with van der Waals surface area (Å²) in [5.41, 5.74) is 7.71. The average molecular weight is 513 g/mol. The fourth-order valence-corrected chi connectivity index (χ4v) is 4.30. The molecule has 0 amide bonds. The van der Waals surface area contributed by atoms with Crippen LogP contribution in [0.15, 0.2) is 42.6 Å². The molecule has 4 rings (SSSR count). The van der Waals surface area contributed by atoms with Crippen LogP contribution in [0.4, 0.5) is 17.3 Å². The molecule has 1 radical (unpaired) electrons. The van der Waals surface area contributed by atoms with E-state index < -0.39 is 4.92 Å². The molecule has 9 nitrogen and oxygen atoms in total. The van der Waals surface area contributed by atoms with Crippen molar-refractivity contribution in [2.24, 2.45) is 0 Å². The van der Waals surface area contributed by atoms with Crippen LogP contribution in [0, 0.1) is 16.5 Å². The highest BCUT2D eigenvalue weighted by Crippen LogP contribution is 2.32. The first-order valence-corrected chi connectivity index (χ1v) is 11.9. The monoisotopic (exact) mass is 512 g/mol. The van der Waals surface area contributed by atoms with Crippen molar-refractivity contribution in [2.75, 3.05) is 24.1 Å². The molecule has 1 atom stereocenters. The Morgan fingerprint density at radius 3 is 2.83 bits per heavy atom. The zero-order valence-electron chi connectivity index (χ0n) is 18.7. The lowest BCUT2D eigenvalue weighted by Gasteiger charge is -2.11. The van der Waals surface area contributed by atoms with Crippen LogP contribution in [0.25, 0.3) is 17.3 Å². The molecule has 0 bridgehead atoms. The molecule has 0 saturated carbocycles. The Balaban J connectivity index is 1.51. The van der Waals surface area contributed by atoms with Gasteiger partial charge in [-0.2, -0.15) is 0 Å². The van der Waals surface area contributed by atoms with Crippen LogP contribution < -0.4 is 16.4 Å². The first kappa shape index (κ1) is 24.8. The second kappa shape index (κ2) is 11.4. The summed E-state index contributed by atoms with van der Waals surface area (Å²) in [5.74, 6) is 0.744. The zero-order valence-corrected chi connectivity index (χ0v) is 20.3. The van der Waals surface area contributed by atoms with Gasteiger partial charge in [0.1, 0.15) is 11.6 Å². The summed E-state index contributed by atoms with van der Waals surface area (Å²) in [4.78, 5) is 23.5. The second-order valence-corrected chi connectivity index (χ2v) is 8.87. The molecule has 3 aromatic rings. The standard InChI is InChI=1S/C24H24Cl2N7O2/c25-16-6-7-18(19(26)13-16)23-15(3-1-4-17-5-2-11-28-17)14-30-22(31-23)10-12-29-21-9-8-20(33(34)35)24(27)32-21/h1,3,6-10,13-14,17,28H,2,4-5,11-12H2,(H3,27,29,32)/b3-1+. The number of nitrogens with two attached hydrogens (primary N) is 1. The predicted molar refractivity (Wildman–Crippen MR) is 139 cm³/mol. The highest BCUT2D eigenvalue weighted by Gasteiger charge is 2.15. The molecule has 4 N–H and O–H groups in total. The van der Waals surface area contributed by atoms with Crippen LogP contribution in [0.5, 0.6) is 0 Å². The van der Waals surface area contributed by atoms with Gasteiger partial charge in [0.2, 0.25) is 5.82 Å². The first-order valence-electron chi connectivity index (χ1n) is 11.1. The fraction of sp³-hybridized carbons (Fsp3) is 0.250. The molecule has 3 heterocycles. The van der Waals surface area contributed by atoms with Crippen molar-refractivity contribution >= 4 is 46.6 Å². The van der Waals surface area contributed by atoms with E-state index >= 15 is 0 Å². The van der Waals surface area contributed by atoms with E-state index in [1.54, 1.807) is 24.8 Å². The van der Waals surface area contributed by atoms with Crippen LogP contribution >= 0.6 is 23.2 Å². The lowest BCUT2D eigenvalue weighted by atomic mass is 10.1. The second-order valence-electron chi connectivity index (χ2n) is 8.03. The number of pyridine rings is 1. The molecule has 11 heteroatoms. The predicted octanol–water partition coefficient (Wildman–Crippen LogP) is 5.16. The van der Waals surface area contributed by atoms with Crippen molar-refractivity contribution < 1.29 is 4.92 Å². The van der Waals surface area contributed by atoms with Crippen LogP contribution in [0.3, 0.4) is 0 Å². The number of anilines is 2. The quantitative estimate of drug-likeness (QED) is 0.264. The molecule has 1 unspecified atom stereocenters. The molecule has 1 aromatic carbocycles. The van der Waals surface area contributed by atoms with Gasteiger partial charge in [-0.05, 0) is 50.1 Å². The van der Waals surface area contributed by atoms with Gasteiger partial charge in [-0.15, -0.1) is 0 Å². The van der Waals surface area contributed by atoms with E-state index in [9.17, 15) is 10.1 Å². The number of aromatic nitrogens is 3. The largest absolute Gasteiger partial charge is 0.378 e. The van der Waals surface area contributed by atoms with E-state index in [1.807, 2.05) is 12.1 Å². The number of nitrogens with zero attached hydrogens (tertiary/aromatic N) is 4. The molecule has 1 aliphatic rings. The first-order chi connectivity index (χ1) is 16.9. The summed E-state index contributed by atoms with van der Waals surface area (Å²) in [6.07, 6.45) is 11.0. The van der Waals surface area contributed by atoms with Gasteiger partial charge >= 0.3 is 5.69 Å². The number of rotatable bonds is 9. The van der Waals surface area contributed by atoms with E-state index in [0.717, 1.165) is 24.1 Å². The van der Waals surface area contributed by atoms with Crippen molar-refractivity contribution in [1.82, 2.24) is 20.3 Å². The summed E-state index contributed by atoms with van der Waals surface area (Å²) in [5, 5.41) is 18.5. The number of benzene rings is 1. The van der Waals surface area contributed by atoms with E-state index in [-0.39, 0.29) is 11.5 Å². The number of halogens is 2. The summed E-state index contributed by atoms with van der Waals surface area (Å²) in [7, 11) is 0. The van der Waals surface area contributed by atoms with Gasteiger partial charge in [0.15, 0.2) is 0 Å². The maximum atomic E-state index is 10.9. The van der Waals surface area contributed by atoms with Crippen LogP contribution in [0.1, 0.15) is 30.7 Å². The SMILES string of the molecule is Nc1nc(NC[CH]c2ncc(/C=C/CC3CCCN3)c(-c3ccc(Cl)cc3Cl)n2)ccc1[N+](=O)[O-]. The van der Waals surface area contributed by atoms with Gasteiger partial charge in [0.05, 0.1) is 15.6 Å². The Bertz CT molecular complexity index is 1250. The minimum atomic E-state index is -0.574. The molecule has 181 valence electrons. The Kier molecular flexibility index (Phi) is 8.12. The molecule has 0 aliphatic carbocycles.